The molecule has 2 N–H and O–H groups in total. The second kappa shape index (κ2) is 4.83. The molecule has 2 aliphatic heterocycles. The van der Waals surface area contributed by atoms with Gasteiger partial charge in [-0.05, 0) is 13.3 Å². The van der Waals surface area contributed by atoms with Crippen molar-refractivity contribution in [3.63, 3.8) is 0 Å². The number of rotatable bonds is 4. The average Bonchev–Trinajstić information content (AvgIpc) is 2.72. The molecule has 2 saturated heterocycles. The molecule has 0 unspecified atom stereocenters. The predicted molar refractivity (Wildman–Crippen MR) is 63.6 cm³/mol. The van der Waals surface area contributed by atoms with E-state index in [4.69, 9.17) is 0 Å². The Morgan fingerprint density at radius 3 is 2.50 bits per heavy atom. The van der Waals surface area contributed by atoms with E-state index < -0.39 is 18.2 Å². The Labute approximate surface area is 105 Å². The molecule has 0 aliphatic carbocycles. The van der Waals surface area contributed by atoms with Crippen molar-refractivity contribution >= 4 is 18.0 Å². The molecule has 2 fully saturated rings. The van der Waals surface area contributed by atoms with Crippen molar-refractivity contribution in [3.05, 3.63) is 0 Å². The maximum absolute atomic E-state index is 12.2. The summed E-state index contributed by atoms with van der Waals surface area (Å²) in [5.41, 5.74) is 0. The number of amides is 5. The number of imide groups is 1. The first kappa shape index (κ1) is 12.7. The van der Waals surface area contributed by atoms with Crippen LogP contribution in [0.1, 0.15) is 26.7 Å². The standard InChI is InChI=1S/C11H18N4O3/c1-3-5-6-15-9(16)7-8(13-10(17)12-7)14(4-2)11(15)18/h7-8H,3-6H2,1-2H3,(H2,12,13,17)/t7-,8-/m0/s1. The van der Waals surface area contributed by atoms with E-state index in [-0.39, 0.29) is 11.9 Å². The van der Waals surface area contributed by atoms with Crippen molar-refractivity contribution in [1.29, 1.82) is 0 Å². The first-order valence-electron chi connectivity index (χ1n) is 6.29. The number of carbonyl (C=O) groups is 3. The molecular weight excluding hydrogens is 236 g/mol. The van der Waals surface area contributed by atoms with Crippen LogP contribution in [-0.2, 0) is 4.79 Å². The van der Waals surface area contributed by atoms with Crippen molar-refractivity contribution in [2.75, 3.05) is 13.1 Å². The minimum atomic E-state index is -0.660. The van der Waals surface area contributed by atoms with Crippen LogP contribution in [0.4, 0.5) is 9.59 Å². The van der Waals surface area contributed by atoms with Crippen LogP contribution >= 0.6 is 0 Å². The fourth-order valence-electron chi connectivity index (χ4n) is 2.32. The van der Waals surface area contributed by atoms with Gasteiger partial charge in [0, 0.05) is 13.1 Å². The first-order chi connectivity index (χ1) is 8.60. The third-order valence-corrected chi connectivity index (χ3v) is 3.30. The lowest BCUT2D eigenvalue weighted by atomic mass is 10.1. The van der Waals surface area contributed by atoms with E-state index in [0.717, 1.165) is 12.8 Å². The van der Waals surface area contributed by atoms with Gasteiger partial charge in [0.15, 0.2) is 0 Å². The van der Waals surface area contributed by atoms with E-state index >= 15 is 0 Å². The SMILES string of the molecule is CCCCN1C(=O)[C@H]2NC(=O)N[C@H]2N(CC)C1=O. The number of urea groups is 2. The summed E-state index contributed by atoms with van der Waals surface area (Å²) < 4.78 is 0. The molecule has 2 aliphatic rings. The second-order valence-electron chi connectivity index (χ2n) is 4.45. The zero-order valence-corrected chi connectivity index (χ0v) is 10.6. The Morgan fingerprint density at radius 1 is 1.17 bits per heavy atom. The molecule has 100 valence electrons. The van der Waals surface area contributed by atoms with Gasteiger partial charge in [0.1, 0.15) is 12.2 Å². The van der Waals surface area contributed by atoms with Gasteiger partial charge >= 0.3 is 12.1 Å². The number of nitrogens with zero attached hydrogens (tertiary/aromatic N) is 2. The van der Waals surface area contributed by atoms with Crippen LogP contribution in [0.3, 0.4) is 0 Å². The minimum absolute atomic E-state index is 0.318. The Hall–Kier alpha value is -1.79. The quantitative estimate of drug-likeness (QED) is 0.745. The van der Waals surface area contributed by atoms with Crippen molar-refractivity contribution in [1.82, 2.24) is 20.4 Å². The maximum Gasteiger partial charge on any atom is 0.328 e. The molecule has 0 aromatic rings. The zero-order valence-electron chi connectivity index (χ0n) is 10.6. The number of hydrogen-bond acceptors (Lipinski definition) is 3. The summed E-state index contributed by atoms with van der Waals surface area (Å²) in [5, 5.41) is 5.16. The van der Waals surface area contributed by atoms with Crippen LogP contribution in [0, 0.1) is 0 Å². The van der Waals surface area contributed by atoms with Crippen molar-refractivity contribution < 1.29 is 14.4 Å². The van der Waals surface area contributed by atoms with E-state index in [0.29, 0.717) is 13.1 Å². The van der Waals surface area contributed by atoms with E-state index in [1.807, 2.05) is 13.8 Å². The van der Waals surface area contributed by atoms with Gasteiger partial charge in [0.2, 0.25) is 0 Å². The van der Waals surface area contributed by atoms with Gasteiger partial charge in [-0.3, -0.25) is 9.69 Å². The first-order valence-corrected chi connectivity index (χ1v) is 6.29. The summed E-state index contributed by atoms with van der Waals surface area (Å²) in [4.78, 5) is 38.4. The molecule has 18 heavy (non-hydrogen) atoms. The number of likely N-dealkylation sites (N-methyl/N-ethyl adjacent to an activating group) is 1. The van der Waals surface area contributed by atoms with Crippen molar-refractivity contribution in [2.24, 2.45) is 0 Å². The third-order valence-electron chi connectivity index (χ3n) is 3.30. The fraction of sp³-hybridized carbons (Fsp3) is 0.727. The average molecular weight is 254 g/mol. The molecule has 0 aromatic heterocycles. The summed E-state index contributed by atoms with van der Waals surface area (Å²) in [6.07, 6.45) is 1.12. The second-order valence-corrected chi connectivity index (χ2v) is 4.45. The van der Waals surface area contributed by atoms with Gasteiger partial charge in [-0.1, -0.05) is 13.3 Å². The molecule has 2 rings (SSSR count). The van der Waals surface area contributed by atoms with E-state index in [1.165, 1.54) is 9.80 Å². The molecule has 0 bridgehead atoms. The molecule has 2 heterocycles. The number of carbonyl (C=O) groups excluding carboxylic acids is 3. The Kier molecular flexibility index (Phi) is 3.40. The molecule has 0 spiro atoms. The lowest BCUT2D eigenvalue weighted by Gasteiger charge is -2.40. The Balaban J connectivity index is 2.22. The van der Waals surface area contributed by atoms with Gasteiger partial charge in [0.05, 0.1) is 0 Å². The summed E-state index contributed by atoms with van der Waals surface area (Å²) in [7, 11) is 0. The van der Waals surface area contributed by atoms with E-state index in [1.54, 1.807) is 0 Å². The highest BCUT2D eigenvalue weighted by Gasteiger charge is 2.50. The fourth-order valence-corrected chi connectivity index (χ4v) is 2.32. The highest BCUT2D eigenvalue weighted by Crippen LogP contribution is 2.19. The van der Waals surface area contributed by atoms with Crippen LogP contribution < -0.4 is 10.6 Å². The third kappa shape index (κ3) is 1.89. The summed E-state index contributed by atoms with van der Waals surface area (Å²) in [6.45, 7) is 4.69. The van der Waals surface area contributed by atoms with Crippen molar-refractivity contribution in [3.8, 4) is 0 Å². The number of nitrogens with one attached hydrogen (secondary N) is 2. The molecule has 0 aromatic carbocycles. The molecule has 5 amide bonds. The summed E-state index contributed by atoms with van der Waals surface area (Å²) >= 11 is 0. The van der Waals surface area contributed by atoms with Gasteiger partial charge < -0.3 is 15.5 Å². The Morgan fingerprint density at radius 2 is 1.89 bits per heavy atom. The summed E-state index contributed by atoms with van der Waals surface area (Å²) in [6, 6.07) is -1.38. The molecule has 0 radical (unpaired) electrons. The lowest BCUT2D eigenvalue weighted by Crippen LogP contribution is -2.66. The Bertz CT molecular complexity index is 384. The van der Waals surface area contributed by atoms with Crippen molar-refractivity contribution in [2.45, 2.75) is 38.9 Å². The maximum atomic E-state index is 12.2. The number of hydrogen-bond donors (Lipinski definition) is 2. The minimum Gasteiger partial charge on any atom is -0.323 e. The largest absolute Gasteiger partial charge is 0.328 e. The molecular formula is C11H18N4O3. The van der Waals surface area contributed by atoms with E-state index in [2.05, 4.69) is 10.6 Å². The van der Waals surface area contributed by atoms with Gasteiger partial charge in [-0.15, -0.1) is 0 Å². The van der Waals surface area contributed by atoms with E-state index in [9.17, 15) is 14.4 Å². The van der Waals surface area contributed by atoms with Crippen LogP contribution in [0.2, 0.25) is 0 Å². The van der Waals surface area contributed by atoms with Crippen LogP contribution in [-0.4, -0.2) is 53.1 Å². The highest BCUT2D eigenvalue weighted by atomic mass is 16.2. The number of unbranched alkanes of at least 4 members (excludes halogenated alkanes) is 1. The summed E-state index contributed by atoms with van der Waals surface area (Å²) in [5.74, 6) is -0.318. The predicted octanol–water partition coefficient (Wildman–Crippen LogP) is 0.0781. The van der Waals surface area contributed by atoms with Gasteiger partial charge in [-0.25, -0.2) is 9.59 Å². The molecule has 2 atom stereocenters. The normalized spacial score (nSPS) is 27.1. The van der Waals surface area contributed by atoms with Crippen LogP contribution in [0.25, 0.3) is 0 Å². The van der Waals surface area contributed by atoms with Crippen LogP contribution in [0.5, 0.6) is 0 Å². The zero-order chi connectivity index (χ0) is 13.3. The number of fused-ring (bicyclic) bond motifs is 1. The smallest absolute Gasteiger partial charge is 0.323 e. The van der Waals surface area contributed by atoms with Crippen LogP contribution in [0.15, 0.2) is 0 Å². The molecule has 0 saturated carbocycles. The topological polar surface area (TPSA) is 81.8 Å². The van der Waals surface area contributed by atoms with Gasteiger partial charge in [0.25, 0.3) is 5.91 Å². The lowest BCUT2D eigenvalue weighted by molar-refractivity contribution is -0.134. The molecule has 7 nitrogen and oxygen atoms in total. The van der Waals surface area contributed by atoms with Gasteiger partial charge in [-0.2, -0.15) is 0 Å². The highest BCUT2D eigenvalue weighted by molar-refractivity contribution is 6.03. The molecule has 7 heteroatoms. The monoisotopic (exact) mass is 254 g/mol.